The number of para-hydroxylation sites is 1. The molecular formula is C20H19BrN3O2+. The third-order valence-corrected chi connectivity index (χ3v) is 5.33. The van der Waals surface area contributed by atoms with E-state index in [1.807, 2.05) is 35.8 Å². The number of aromatic amines is 1. The molecule has 6 heteroatoms. The molecule has 0 aliphatic carbocycles. The van der Waals surface area contributed by atoms with E-state index >= 15 is 0 Å². The first kappa shape index (κ1) is 17.0. The lowest BCUT2D eigenvalue weighted by Gasteiger charge is -2.14. The molecule has 26 heavy (non-hydrogen) atoms. The van der Waals surface area contributed by atoms with Gasteiger partial charge in [0.1, 0.15) is 0 Å². The topological polar surface area (TPSA) is 69.8 Å². The van der Waals surface area contributed by atoms with Crippen molar-refractivity contribution in [2.45, 2.75) is 18.9 Å². The molecular weight excluding hydrogens is 394 g/mol. The summed E-state index contributed by atoms with van der Waals surface area (Å²) in [6.07, 6.45) is 3.12. The molecule has 1 saturated heterocycles. The highest BCUT2D eigenvalue weighted by molar-refractivity contribution is 9.10. The molecule has 1 aliphatic heterocycles. The average Bonchev–Trinajstić information content (AvgIpc) is 3.17. The summed E-state index contributed by atoms with van der Waals surface area (Å²) in [7, 11) is 0. The maximum atomic E-state index is 12.7. The minimum Gasteiger partial charge on any atom is -0.361 e. The number of carbonyl (C=O) groups excluding carboxylic acids is 2. The fraction of sp³-hybridized carbons (Fsp3) is 0.200. The Kier molecular flexibility index (Phi) is 4.61. The summed E-state index contributed by atoms with van der Waals surface area (Å²) in [6, 6.07) is 15.1. The van der Waals surface area contributed by atoms with Crippen molar-refractivity contribution in [2.24, 2.45) is 0 Å². The van der Waals surface area contributed by atoms with Crippen LogP contribution in [-0.2, 0) is 16.0 Å². The Morgan fingerprint density at radius 2 is 1.88 bits per heavy atom. The second-order valence-corrected chi connectivity index (χ2v) is 7.40. The number of halogens is 1. The van der Waals surface area contributed by atoms with E-state index in [2.05, 4.69) is 33.0 Å². The van der Waals surface area contributed by atoms with E-state index in [0.717, 1.165) is 23.0 Å². The van der Waals surface area contributed by atoms with Crippen LogP contribution in [0.1, 0.15) is 12.0 Å². The Labute approximate surface area is 159 Å². The number of hydrogen-bond donors (Lipinski definition) is 2. The second-order valence-electron chi connectivity index (χ2n) is 6.49. The molecule has 1 aliphatic rings. The van der Waals surface area contributed by atoms with Crippen molar-refractivity contribution >= 4 is 44.3 Å². The van der Waals surface area contributed by atoms with Gasteiger partial charge in [-0.15, -0.1) is 0 Å². The highest BCUT2D eigenvalue weighted by atomic mass is 79.9. The Morgan fingerprint density at radius 3 is 2.69 bits per heavy atom. The van der Waals surface area contributed by atoms with Gasteiger partial charge in [-0.2, -0.15) is 0 Å². The normalized spacial score (nSPS) is 17.4. The molecule has 132 valence electrons. The van der Waals surface area contributed by atoms with Crippen LogP contribution in [0, 0.1) is 0 Å². The lowest BCUT2D eigenvalue weighted by atomic mass is 10.1. The van der Waals surface area contributed by atoms with Crippen molar-refractivity contribution in [3.8, 4) is 0 Å². The number of hydrogen-bond acceptors (Lipinski definition) is 2. The van der Waals surface area contributed by atoms with E-state index in [9.17, 15) is 9.59 Å². The second kappa shape index (κ2) is 7.05. The van der Waals surface area contributed by atoms with Crippen molar-refractivity contribution in [1.29, 1.82) is 0 Å². The summed E-state index contributed by atoms with van der Waals surface area (Å²) in [4.78, 5) is 29.6. The molecule has 1 fully saturated rings. The predicted octanol–water partition coefficient (Wildman–Crippen LogP) is 2.37. The zero-order chi connectivity index (χ0) is 18.1. The van der Waals surface area contributed by atoms with Crippen LogP contribution in [-0.4, -0.2) is 29.4 Å². The molecule has 3 N–H and O–H groups in total. The van der Waals surface area contributed by atoms with Gasteiger partial charge < -0.3 is 10.3 Å². The molecule has 0 bridgehead atoms. The quantitative estimate of drug-likeness (QED) is 0.631. The maximum absolute atomic E-state index is 12.7. The molecule has 0 saturated carbocycles. The Hall–Kier alpha value is -2.44. The molecule has 4 rings (SSSR count). The number of H-pyrrole nitrogens is 1. The number of benzene rings is 2. The summed E-state index contributed by atoms with van der Waals surface area (Å²) >= 11 is 3.37. The first-order valence-corrected chi connectivity index (χ1v) is 9.43. The predicted molar refractivity (Wildman–Crippen MR) is 104 cm³/mol. The van der Waals surface area contributed by atoms with Gasteiger partial charge in [-0.05, 0) is 35.9 Å². The number of amides is 2. The van der Waals surface area contributed by atoms with Gasteiger partial charge in [-0.3, -0.25) is 9.59 Å². The van der Waals surface area contributed by atoms with E-state index in [-0.39, 0.29) is 24.3 Å². The molecule has 1 atom stereocenters. The van der Waals surface area contributed by atoms with Crippen LogP contribution in [0.15, 0.2) is 59.2 Å². The standard InChI is InChI=1S/C20H18BrN3O2/c21-14-5-7-15(8-6-14)24-19(25)11-18(20(24)26)22-10-9-13-12-23-17-4-2-1-3-16(13)17/h1-8,12,18,22-23H,9-11H2/p+1/t18-/m1/s1. The van der Waals surface area contributed by atoms with E-state index in [0.29, 0.717) is 5.69 Å². The zero-order valence-corrected chi connectivity index (χ0v) is 15.7. The number of anilines is 1. The van der Waals surface area contributed by atoms with E-state index in [1.165, 1.54) is 15.8 Å². The van der Waals surface area contributed by atoms with Crippen LogP contribution in [0.5, 0.6) is 0 Å². The number of nitrogens with zero attached hydrogens (tertiary/aromatic N) is 1. The molecule has 3 aromatic rings. The minimum absolute atomic E-state index is 0.128. The SMILES string of the molecule is O=C1C[C@@H]([NH2+]CCc2c[nH]c3ccccc23)C(=O)N1c1ccc(Br)cc1. The van der Waals surface area contributed by atoms with Crippen molar-refractivity contribution in [1.82, 2.24) is 4.98 Å². The zero-order valence-electron chi connectivity index (χ0n) is 14.1. The van der Waals surface area contributed by atoms with Crippen molar-refractivity contribution in [3.63, 3.8) is 0 Å². The fourth-order valence-corrected chi connectivity index (χ4v) is 3.74. The highest BCUT2D eigenvalue weighted by Crippen LogP contribution is 2.23. The van der Waals surface area contributed by atoms with Crippen LogP contribution in [0.3, 0.4) is 0 Å². The number of quaternary nitrogens is 1. The van der Waals surface area contributed by atoms with Crippen LogP contribution in [0.2, 0.25) is 0 Å². The van der Waals surface area contributed by atoms with Crippen LogP contribution in [0.4, 0.5) is 5.69 Å². The molecule has 1 aromatic heterocycles. The van der Waals surface area contributed by atoms with Gasteiger partial charge in [-0.25, -0.2) is 4.90 Å². The summed E-state index contributed by atoms with van der Waals surface area (Å²) in [5.74, 6) is -0.262. The number of nitrogens with one attached hydrogen (secondary N) is 1. The molecule has 2 amide bonds. The van der Waals surface area contributed by atoms with Gasteiger partial charge in [0.2, 0.25) is 5.91 Å². The van der Waals surface area contributed by atoms with Gasteiger partial charge in [0, 0.05) is 28.0 Å². The molecule has 2 heterocycles. The third-order valence-electron chi connectivity index (χ3n) is 4.81. The lowest BCUT2D eigenvalue weighted by Crippen LogP contribution is -2.92. The summed E-state index contributed by atoms with van der Waals surface area (Å²) in [5.41, 5.74) is 2.99. The van der Waals surface area contributed by atoms with Crippen LogP contribution >= 0.6 is 15.9 Å². The average molecular weight is 413 g/mol. The van der Waals surface area contributed by atoms with E-state index in [4.69, 9.17) is 0 Å². The summed E-state index contributed by atoms with van der Waals surface area (Å²) in [6.45, 7) is 0.764. The number of rotatable bonds is 5. The number of fused-ring (bicyclic) bond motifs is 1. The van der Waals surface area contributed by atoms with E-state index in [1.54, 1.807) is 12.1 Å². The Balaban J connectivity index is 1.40. The summed E-state index contributed by atoms with van der Waals surface area (Å²) in [5, 5.41) is 3.20. The number of carbonyl (C=O) groups is 2. The molecule has 5 nitrogen and oxygen atoms in total. The maximum Gasteiger partial charge on any atom is 0.292 e. The first-order chi connectivity index (χ1) is 12.6. The fourth-order valence-electron chi connectivity index (χ4n) is 3.48. The van der Waals surface area contributed by atoms with Crippen LogP contribution in [0.25, 0.3) is 10.9 Å². The molecule has 0 radical (unpaired) electrons. The third kappa shape index (κ3) is 3.18. The number of imide groups is 1. The van der Waals surface area contributed by atoms with Gasteiger partial charge in [0.05, 0.1) is 18.7 Å². The van der Waals surface area contributed by atoms with Crippen LogP contribution < -0.4 is 10.2 Å². The van der Waals surface area contributed by atoms with Crippen molar-refractivity contribution < 1.29 is 14.9 Å². The minimum atomic E-state index is -0.337. The van der Waals surface area contributed by atoms with E-state index < -0.39 is 0 Å². The Bertz CT molecular complexity index is 965. The Morgan fingerprint density at radius 1 is 1.12 bits per heavy atom. The number of aromatic nitrogens is 1. The van der Waals surface area contributed by atoms with Gasteiger partial charge in [0.25, 0.3) is 5.91 Å². The van der Waals surface area contributed by atoms with Gasteiger partial charge >= 0.3 is 0 Å². The summed E-state index contributed by atoms with van der Waals surface area (Å²) < 4.78 is 0.919. The smallest absolute Gasteiger partial charge is 0.292 e. The van der Waals surface area contributed by atoms with Crippen molar-refractivity contribution in [3.05, 3.63) is 64.8 Å². The highest BCUT2D eigenvalue weighted by Gasteiger charge is 2.42. The first-order valence-electron chi connectivity index (χ1n) is 8.64. The van der Waals surface area contributed by atoms with Gasteiger partial charge in [-0.1, -0.05) is 34.1 Å². The molecule has 2 aromatic carbocycles. The molecule has 0 unspecified atom stereocenters. The lowest BCUT2D eigenvalue weighted by molar-refractivity contribution is -0.674. The number of nitrogens with two attached hydrogens (primary N) is 1. The largest absolute Gasteiger partial charge is 0.361 e. The van der Waals surface area contributed by atoms with Gasteiger partial charge in [0.15, 0.2) is 6.04 Å². The monoisotopic (exact) mass is 412 g/mol. The van der Waals surface area contributed by atoms with Crippen molar-refractivity contribution in [2.75, 3.05) is 11.4 Å². The molecule has 0 spiro atoms.